The van der Waals surface area contributed by atoms with Crippen molar-refractivity contribution in [1.29, 1.82) is 0 Å². The third kappa shape index (κ3) is 3.15. The number of ether oxygens (including phenoxy) is 1. The van der Waals surface area contributed by atoms with Crippen LogP contribution >= 0.6 is 11.6 Å². The molecule has 3 rings (SSSR count). The molecule has 1 spiro atoms. The van der Waals surface area contributed by atoms with E-state index in [1.54, 1.807) is 6.07 Å². The minimum atomic E-state index is -2.46. The summed E-state index contributed by atoms with van der Waals surface area (Å²) < 4.78 is 32.0. The molecule has 2 aliphatic rings. The first-order valence-corrected chi connectivity index (χ1v) is 7.86. The maximum absolute atomic E-state index is 13.1. The fraction of sp³-hybridized carbons (Fsp3) is 0.625. The topological polar surface area (TPSA) is 15.7 Å². The molecule has 6 heteroatoms. The third-order valence-corrected chi connectivity index (χ3v) is 4.61. The molecule has 0 aromatic heterocycles. The van der Waals surface area contributed by atoms with Gasteiger partial charge in [-0.05, 0) is 26.2 Å². The SMILES string of the molecule is CN(C)CCOc1cc(Cl)ccc1N1CC2(C1)CC(F)(F)C2. The summed E-state index contributed by atoms with van der Waals surface area (Å²) in [6, 6.07) is 5.53. The van der Waals surface area contributed by atoms with Gasteiger partial charge in [-0.3, -0.25) is 0 Å². The minimum Gasteiger partial charge on any atom is -0.490 e. The molecule has 0 unspecified atom stereocenters. The Labute approximate surface area is 134 Å². The van der Waals surface area contributed by atoms with Crippen LogP contribution < -0.4 is 9.64 Å². The lowest BCUT2D eigenvalue weighted by Gasteiger charge is -2.59. The van der Waals surface area contributed by atoms with Crippen LogP contribution in [0.25, 0.3) is 0 Å². The predicted octanol–water partition coefficient (Wildman–Crippen LogP) is 3.52. The van der Waals surface area contributed by atoms with Gasteiger partial charge in [0, 0.05) is 49.0 Å². The van der Waals surface area contributed by atoms with E-state index in [-0.39, 0.29) is 18.3 Å². The standard InChI is InChI=1S/C16H21ClF2N2O/c1-20(2)5-6-22-14-7-12(17)3-4-13(14)21-10-15(11-21)8-16(18,19)9-15/h3-4,7H,5-6,8-11H2,1-2H3. The van der Waals surface area contributed by atoms with Crippen molar-refractivity contribution in [2.75, 3.05) is 45.2 Å². The maximum Gasteiger partial charge on any atom is 0.249 e. The van der Waals surface area contributed by atoms with Crippen LogP contribution in [0.15, 0.2) is 18.2 Å². The van der Waals surface area contributed by atoms with E-state index in [0.29, 0.717) is 24.7 Å². The molecule has 1 aliphatic carbocycles. The Hall–Kier alpha value is -1.07. The van der Waals surface area contributed by atoms with Gasteiger partial charge in [0.15, 0.2) is 0 Å². The molecule has 1 aliphatic heterocycles. The molecule has 0 atom stereocenters. The molecule has 122 valence electrons. The average Bonchev–Trinajstić information content (AvgIpc) is 2.33. The first kappa shape index (κ1) is 15.8. The third-order valence-electron chi connectivity index (χ3n) is 4.38. The summed E-state index contributed by atoms with van der Waals surface area (Å²) in [4.78, 5) is 4.15. The van der Waals surface area contributed by atoms with E-state index in [0.717, 1.165) is 18.0 Å². The van der Waals surface area contributed by atoms with Crippen LogP contribution in [-0.4, -0.2) is 51.2 Å². The highest BCUT2D eigenvalue weighted by molar-refractivity contribution is 6.30. The highest BCUT2D eigenvalue weighted by Gasteiger charge is 2.61. The van der Waals surface area contributed by atoms with Crippen molar-refractivity contribution in [1.82, 2.24) is 4.90 Å². The van der Waals surface area contributed by atoms with E-state index < -0.39 is 5.92 Å². The Morgan fingerprint density at radius 1 is 1.27 bits per heavy atom. The van der Waals surface area contributed by atoms with Gasteiger partial charge >= 0.3 is 0 Å². The molecule has 1 aromatic carbocycles. The lowest BCUT2D eigenvalue weighted by atomic mass is 9.61. The van der Waals surface area contributed by atoms with Crippen LogP contribution in [0.1, 0.15) is 12.8 Å². The highest BCUT2D eigenvalue weighted by Crippen LogP contribution is 2.58. The summed E-state index contributed by atoms with van der Waals surface area (Å²) in [6.07, 6.45) is 0.0296. The molecule has 1 saturated heterocycles. The van der Waals surface area contributed by atoms with Crippen LogP contribution in [0.4, 0.5) is 14.5 Å². The summed E-state index contributed by atoms with van der Waals surface area (Å²) in [5, 5.41) is 0.619. The second-order valence-corrected chi connectivity index (χ2v) is 7.27. The molecular weight excluding hydrogens is 310 g/mol. The number of hydrogen-bond acceptors (Lipinski definition) is 3. The van der Waals surface area contributed by atoms with Crippen LogP contribution in [0.5, 0.6) is 5.75 Å². The Kier molecular flexibility index (Phi) is 3.98. The molecule has 22 heavy (non-hydrogen) atoms. The fourth-order valence-corrected chi connectivity index (χ4v) is 3.57. The molecule has 0 bridgehead atoms. The molecular formula is C16H21ClF2N2O. The zero-order valence-corrected chi connectivity index (χ0v) is 13.7. The summed E-state index contributed by atoms with van der Waals surface area (Å²) in [7, 11) is 3.97. The van der Waals surface area contributed by atoms with E-state index in [1.165, 1.54) is 0 Å². The summed E-state index contributed by atoms with van der Waals surface area (Å²) in [6.45, 7) is 2.72. The molecule has 3 nitrogen and oxygen atoms in total. The average molecular weight is 331 g/mol. The summed E-state index contributed by atoms with van der Waals surface area (Å²) in [5.74, 6) is -1.73. The van der Waals surface area contributed by atoms with Crippen molar-refractivity contribution in [2.45, 2.75) is 18.8 Å². The van der Waals surface area contributed by atoms with E-state index >= 15 is 0 Å². The van der Waals surface area contributed by atoms with Crippen LogP contribution in [0, 0.1) is 5.41 Å². The van der Waals surface area contributed by atoms with Crippen molar-refractivity contribution in [3.63, 3.8) is 0 Å². The predicted molar refractivity (Wildman–Crippen MR) is 84.3 cm³/mol. The highest BCUT2D eigenvalue weighted by atomic mass is 35.5. The molecule has 1 aromatic rings. The van der Waals surface area contributed by atoms with Crippen molar-refractivity contribution in [3.05, 3.63) is 23.2 Å². The second kappa shape index (κ2) is 5.53. The lowest BCUT2D eigenvalue weighted by molar-refractivity contribution is -0.170. The molecule has 0 N–H and O–H groups in total. The largest absolute Gasteiger partial charge is 0.490 e. The van der Waals surface area contributed by atoms with Crippen molar-refractivity contribution in [3.8, 4) is 5.75 Å². The number of hydrogen-bond donors (Lipinski definition) is 0. The second-order valence-electron chi connectivity index (χ2n) is 6.83. The number of halogens is 3. The Bertz CT molecular complexity index is 549. The summed E-state index contributed by atoms with van der Waals surface area (Å²) >= 11 is 6.05. The first-order valence-electron chi connectivity index (χ1n) is 7.49. The quantitative estimate of drug-likeness (QED) is 0.821. The van der Waals surface area contributed by atoms with E-state index in [1.807, 2.05) is 31.1 Å². The van der Waals surface area contributed by atoms with Gasteiger partial charge < -0.3 is 14.5 Å². The van der Waals surface area contributed by atoms with Gasteiger partial charge in [0.1, 0.15) is 12.4 Å². The van der Waals surface area contributed by atoms with Gasteiger partial charge in [0.05, 0.1) is 5.69 Å². The Balaban J connectivity index is 1.64. The number of likely N-dealkylation sites (N-methyl/N-ethyl adjacent to an activating group) is 1. The fourth-order valence-electron chi connectivity index (χ4n) is 3.41. The van der Waals surface area contributed by atoms with Gasteiger partial charge in [-0.15, -0.1) is 0 Å². The summed E-state index contributed by atoms with van der Waals surface area (Å²) in [5.41, 5.74) is 0.758. The van der Waals surface area contributed by atoms with Gasteiger partial charge in [-0.25, -0.2) is 8.78 Å². The maximum atomic E-state index is 13.1. The van der Waals surface area contributed by atoms with Crippen LogP contribution in [0.3, 0.4) is 0 Å². The first-order chi connectivity index (χ1) is 10.3. The number of nitrogens with zero attached hydrogens (tertiary/aromatic N) is 2. The number of anilines is 1. The smallest absolute Gasteiger partial charge is 0.249 e. The van der Waals surface area contributed by atoms with Crippen molar-refractivity contribution in [2.24, 2.45) is 5.41 Å². The monoisotopic (exact) mass is 330 g/mol. The Morgan fingerprint density at radius 2 is 1.95 bits per heavy atom. The van der Waals surface area contributed by atoms with Crippen molar-refractivity contribution >= 4 is 17.3 Å². The van der Waals surface area contributed by atoms with E-state index in [9.17, 15) is 8.78 Å². The minimum absolute atomic E-state index is 0.0148. The van der Waals surface area contributed by atoms with Crippen LogP contribution in [-0.2, 0) is 0 Å². The zero-order chi connectivity index (χ0) is 16.0. The van der Waals surface area contributed by atoms with Gasteiger partial charge in [-0.2, -0.15) is 0 Å². The van der Waals surface area contributed by atoms with Gasteiger partial charge in [-0.1, -0.05) is 11.6 Å². The van der Waals surface area contributed by atoms with Crippen molar-refractivity contribution < 1.29 is 13.5 Å². The number of alkyl halides is 2. The normalized spacial score (nSPS) is 21.6. The molecule has 0 radical (unpaired) electrons. The zero-order valence-electron chi connectivity index (χ0n) is 12.9. The Morgan fingerprint density at radius 3 is 2.55 bits per heavy atom. The molecule has 2 fully saturated rings. The van der Waals surface area contributed by atoms with Crippen LogP contribution in [0.2, 0.25) is 5.02 Å². The molecule has 0 amide bonds. The van der Waals surface area contributed by atoms with Gasteiger partial charge in [0.2, 0.25) is 5.92 Å². The molecule has 1 saturated carbocycles. The molecule has 1 heterocycles. The van der Waals surface area contributed by atoms with Gasteiger partial charge in [0.25, 0.3) is 0 Å². The van der Waals surface area contributed by atoms with E-state index in [4.69, 9.17) is 16.3 Å². The van der Waals surface area contributed by atoms with E-state index in [2.05, 4.69) is 4.90 Å². The number of rotatable bonds is 5. The number of benzene rings is 1. The lowest BCUT2D eigenvalue weighted by Crippen LogP contribution is -2.66.